The number of carbonyl (C=O) groups is 1. The first kappa shape index (κ1) is 14.8. The third-order valence-corrected chi connectivity index (χ3v) is 2.47. The lowest BCUT2D eigenvalue weighted by Crippen LogP contribution is -2.23. The lowest BCUT2D eigenvalue weighted by atomic mass is 10.2. The van der Waals surface area contributed by atoms with Crippen LogP contribution in [0.15, 0.2) is 49.6 Å². The number of anilines is 1. The Morgan fingerprint density at radius 2 is 2.00 bits per heavy atom. The molecule has 0 saturated carbocycles. The van der Waals surface area contributed by atoms with Crippen LogP contribution in [0, 0.1) is 0 Å². The molecule has 0 radical (unpaired) electrons. The van der Waals surface area contributed by atoms with Gasteiger partial charge in [0.1, 0.15) is 5.75 Å². The van der Waals surface area contributed by atoms with Gasteiger partial charge in [-0.05, 0) is 12.1 Å². The highest BCUT2D eigenvalue weighted by Crippen LogP contribution is 2.21. The molecular weight excluding hydrogens is 242 g/mol. The van der Waals surface area contributed by atoms with Crippen LogP contribution in [0.2, 0.25) is 0 Å². The van der Waals surface area contributed by atoms with Gasteiger partial charge in [0, 0.05) is 24.8 Å². The summed E-state index contributed by atoms with van der Waals surface area (Å²) in [7, 11) is 1.33. The van der Waals surface area contributed by atoms with Gasteiger partial charge in [-0.3, -0.25) is 0 Å². The summed E-state index contributed by atoms with van der Waals surface area (Å²) in [6, 6.07) is 7.52. The molecular formula is C15H19NO3. The molecule has 4 heteroatoms. The summed E-state index contributed by atoms with van der Waals surface area (Å²) in [6.45, 7) is 8.80. The summed E-state index contributed by atoms with van der Waals surface area (Å²) in [4.78, 5) is 13.1. The Morgan fingerprint density at radius 1 is 1.32 bits per heavy atom. The van der Waals surface area contributed by atoms with Gasteiger partial charge in [-0.15, -0.1) is 13.2 Å². The maximum absolute atomic E-state index is 11.0. The fourth-order valence-electron chi connectivity index (χ4n) is 1.57. The normalized spacial score (nSPS) is 9.53. The first-order valence-electron chi connectivity index (χ1n) is 5.97. The van der Waals surface area contributed by atoms with Gasteiger partial charge in [0.25, 0.3) is 0 Å². The predicted molar refractivity (Wildman–Crippen MR) is 76.6 cm³/mol. The number of methoxy groups -OCH3 is 1. The summed E-state index contributed by atoms with van der Waals surface area (Å²) in [5.74, 6) is 0.223. The standard InChI is InChI=1S/C15H19NO3/c1-4-9-16(10-5-2)13-7-6-8-14(11-13)19-12-15(17)18-3/h4-8,11H,1-2,9-10,12H2,3H3. The molecule has 0 heterocycles. The van der Waals surface area contributed by atoms with Crippen LogP contribution in [0.1, 0.15) is 0 Å². The van der Waals surface area contributed by atoms with E-state index in [0.29, 0.717) is 18.8 Å². The highest BCUT2D eigenvalue weighted by molar-refractivity contribution is 5.71. The molecule has 0 amide bonds. The molecule has 4 nitrogen and oxygen atoms in total. The third-order valence-electron chi connectivity index (χ3n) is 2.47. The summed E-state index contributed by atoms with van der Waals surface area (Å²) < 4.78 is 9.88. The molecule has 19 heavy (non-hydrogen) atoms. The number of hydrogen-bond acceptors (Lipinski definition) is 4. The van der Waals surface area contributed by atoms with E-state index in [2.05, 4.69) is 22.8 Å². The molecule has 0 N–H and O–H groups in total. The number of ether oxygens (including phenoxy) is 2. The van der Waals surface area contributed by atoms with E-state index in [-0.39, 0.29) is 6.61 Å². The number of rotatable bonds is 8. The lowest BCUT2D eigenvalue weighted by Gasteiger charge is -2.22. The highest BCUT2D eigenvalue weighted by Gasteiger charge is 2.06. The number of nitrogens with zero attached hydrogens (tertiary/aromatic N) is 1. The monoisotopic (exact) mass is 261 g/mol. The number of esters is 1. The van der Waals surface area contributed by atoms with Crippen LogP contribution >= 0.6 is 0 Å². The Morgan fingerprint density at radius 3 is 2.58 bits per heavy atom. The van der Waals surface area contributed by atoms with E-state index in [1.807, 2.05) is 30.4 Å². The van der Waals surface area contributed by atoms with Crippen molar-refractivity contribution in [1.29, 1.82) is 0 Å². The first-order chi connectivity index (χ1) is 9.21. The zero-order valence-corrected chi connectivity index (χ0v) is 11.2. The van der Waals surface area contributed by atoms with Crippen molar-refractivity contribution in [1.82, 2.24) is 0 Å². The third kappa shape index (κ3) is 4.87. The van der Waals surface area contributed by atoms with E-state index in [0.717, 1.165) is 5.69 Å². The van der Waals surface area contributed by atoms with Crippen LogP contribution in [0.4, 0.5) is 5.69 Å². The van der Waals surface area contributed by atoms with E-state index < -0.39 is 5.97 Å². The van der Waals surface area contributed by atoms with Crippen LogP contribution < -0.4 is 9.64 Å². The predicted octanol–water partition coefficient (Wildman–Crippen LogP) is 2.42. The highest BCUT2D eigenvalue weighted by atomic mass is 16.6. The van der Waals surface area contributed by atoms with E-state index in [1.54, 1.807) is 6.07 Å². The average Bonchev–Trinajstić information content (AvgIpc) is 2.45. The Hall–Kier alpha value is -2.23. The fraction of sp³-hybridized carbons (Fsp3) is 0.267. The van der Waals surface area contributed by atoms with Crippen molar-refractivity contribution >= 4 is 11.7 Å². The van der Waals surface area contributed by atoms with Gasteiger partial charge in [0.2, 0.25) is 0 Å². The summed E-state index contributed by atoms with van der Waals surface area (Å²) in [5, 5.41) is 0. The van der Waals surface area contributed by atoms with Crippen molar-refractivity contribution in [3.63, 3.8) is 0 Å². The summed E-state index contributed by atoms with van der Waals surface area (Å²) in [6.07, 6.45) is 3.65. The minimum atomic E-state index is -0.403. The van der Waals surface area contributed by atoms with Crippen molar-refractivity contribution in [3.05, 3.63) is 49.6 Å². The molecule has 0 atom stereocenters. The van der Waals surface area contributed by atoms with Gasteiger partial charge in [0.05, 0.1) is 7.11 Å². The van der Waals surface area contributed by atoms with Crippen LogP contribution in [0.3, 0.4) is 0 Å². The van der Waals surface area contributed by atoms with E-state index in [9.17, 15) is 4.79 Å². The van der Waals surface area contributed by atoms with Crippen molar-refractivity contribution in [2.24, 2.45) is 0 Å². The van der Waals surface area contributed by atoms with Gasteiger partial charge in [-0.2, -0.15) is 0 Å². The van der Waals surface area contributed by atoms with Gasteiger partial charge >= 0.3 is 5.97 Å². The van der Waals surface area contributed by atoms with Crippen molar-refractivity contribution in [3.8, 4) is 5.75 Å². The Labute approximate surface area is 113 Å². The minimum Gasteiger partial charge on any atom is -0.482 e. The van der Waals surface area contributed by atoms with Gasteiger partial charge in [0.15, 0.2) is 6.61 Å². The molecule has 0 fully saturated rings. The van der Waals surface area contributed by atoms with Gasteiger partial charge in [-0.25, -0.2) is 4.79 Å². The molecule has 0 spiro atoms. The van der Waals surface area contributed by atoms with Crippen LogP contribution in [-0.4, -0.2) is 32.8 Å². The molecule has 0 unspecified atom stereocenters. The molecule has 0 aliphatic carbocycles. The first-order valence-corrected chi connectivity index (χ1v) is 5.97. The molecule has 0 aromatic heterocycles. The quantitative estimate of drug-likeness (QED) is 0.532. The van der Waals surface area contributed by atoms with Gasteiger partial charge in [-0.1, -0.05) is 18.2 Å². The lowest BCUT2D eigenvalue weighted by molar-refractivity contribution is -0.142. The molecule has 0 bridgehead atoms. The molecule has 1 aromatic carbocycles. The van der Waals surface area contributed by atoms with E-state index in [4.69, 9.17) is 4.74 Å². The molecule has 0 aliphatic rings. The van der Waals surface area contributed by atoms with E-state index in [1.165, 1.54) is 7.11 Å². The average molecular weight is 261 g/mol. The maximum Gasteiger partial charge on any atom is 0.343 e. The zero-order valence-electron chi connectivity index (χ0n) is 11.2. The Balaban J connectivity index is 2.76. The number of benzene rings is 1. The summed E-state index contributed by atoms with van der Waals surface area (Å²) in [5.41, 5.74) is 0.988. The molecule has 102 valence electrons. The minimum absolute atomic E-state index is 0.0944. The molecule has 0 aliphatic heterocycles. The van der Waals surface area contributed by atoms with Crippen molar-refractivity contribution in [2.75, 3.05) is 31.7 Å². The Kier molecular flexibility index (Phi) is 6.22. The maximum atomic E-state index is 11.0. The second kappa shape index (κ2) is 7.97. The van der Waals surface area contributed by atoms with E-state index >= 15 is 0 Å². The SMILES string of the molecule is C=CCN(CC=C)c1cccc(OCC(=O)OC)c1. The number of hydrogen-bond donors (Lipinski definition) is 0. The second-order valence-electron chi connectivity index (χ2n) is 3.84. The van der Waals surface area contributed by atoms with Crippen molar-refractivity contribution in [2.45, 2.75) is 0 Å². The van der Waals surface area contributed by atoms with Crippen molar-refractivity contribution < 1.29 is 14.3 Å². The zero-order chi connectivity index (χ0) is 14.1. The van der Waals surface area contributed by atoms with Crippen LogP contribution in [0.25, 0.3) is 0 Å². The Bertz CT molecular complexity index is 433. The molecule has 1 rings (SSSR count). The second-order valence-corrected chi connectivity index (χ2v) is 3.84. The molecule has 0 saturated heterocycles. The topological polar surface area (TPSA) is 38.8 Å². The van der Waals surface area contributed by atoms with Crippen LogP contribution in [0.5, 0.6) is 5.75 Å². The number of carbonyl (C=O) groups excluding carboxylic acids is 1. The smallest absolute Gasteiger partial charge is 0.343 e. The molecule has 1 aromatic rings. The van der Waals surface area contributed by atoms with Gasteiger partial charge < -0.3 is 14.4 Å². The van der Waals surface area contributed by atoms with Crippen LogP contribution in [-0.2, 0) is 9.53 Å². The largest absolute Gasteiger partial charge is 0.482 e. The summed E-state index contributed by atoms with van der Waals surface area (Å²) >= 11 is 0. The fourth-order valence-corrected chi connectivity index (χ4v) is 1.57.